The van der Waals surface area contributed by atoms with E-state index in [2.05, 4.69) is 68.2 Å². The molecule has 0 bridgehead atoms. The molecule has 194 valence electrons. The first-order chi connectivity index (χ1) is 16.2. The molecule has 0 aromatic carbocycles. The highest BCUT2D eigenvalue weighted by Gasteiger charge is 2.46. The van der Waals surface area contributed by atoms with Gasteiger partial charge in [0.2, 0.25) is 5.91 Å². The summed E-state index contributed by atoms with van der Waals surface area (Å²) in [5.41, 5.74) is 5.39. The minimum absolute atomic E-state index is 0.101. The van der Waals surface area contributed by atoms with E-state index in [1.807, 2.05) is 0 Å². The van der Waals surface area contributed by atoms with Crippen LogP contribution in [0.4, 0.5) is 0 Å². The highest BCUT2D eigenvalue weighted by Crippen LogP contribution is 2.53. The zero-order valence-electron chi connectivity index (χ0n) is 22.6. The normalized spacial score (nSPS) is 20.5. The van der Waals surface area contributed by atoms with Gasteiger partial charge in [-0.1, -0.05) is 52.0 Å². The van der Waals surface area contributed by atoms with Gasteiger partial charge in [0.25, 0.3) is 0 Å². The Labute approximate surface area is 217 Å². The number of nitrogens with zero attached hydrogens (tertiary/aromatic N) is 1. The van der Waals surface area contributed by atoms with Crippen molar-refractivity contribution in [3.05, 3.63) is 22.5 Å². The van der Waals surface area contributed by atoms with Crippen molar-refractivity contribution in [1.29, 1.82) is 0 Å². The van der Waals surface area contributed by atoms with Gasteiger partial charge in [-0.2, -0.15) is 0 Å². The fourth-order valence-electron chi connectivity index (χ4n) is 5.11. The highest BCUT2D eigenvalue weighted by molar-refractivity contribution is 6.83. The molecule has 1 aliphatic heterocycles. The number of pyridine rings is 1. The molecular weight excluding hydrogens is 476 g/mol. The van der Waals surface area contributed by atoms with Gasteiger partial charge in [-0.3, -0.25) is 4.79 Å². The molecule has 1 aromatic heterocycles. The van der Waals surface area contributed by atoms with E-state index in [0.717, 1.165) is 55.5 Å². The van der Waals surface area contributed by atoms with Crippen LogP contribution in [0.1, 0.15) is 89.8 Å². The monoisotopic (exact) mass is 518 g/mol. The topological polar surface area (TPSA) is 71.5 Å². The predicted octanol–water partition coefficient (Wildman–Crippen LogP) is 6.03. The zero-order chi connectivity index (χ0) is 26.0. The summed E-state index contributed by atoms with van der Waals surface area (Å²) in [5.74, 6) is 4.05. The van der Waals surface area contributed by atoms with Gasteiger partial charge >= 0.3 is 0 Å². The van der Waals surface area contributed by atoms with Gasteiger partial charge < -0.3 is 15.2 Å². The Bertz CT molecular complexity index is 983. The minimum Gasteiger partial charge on any atom is -0.484 e. The quantitative estimate of drug-likeness (QED) is 0.262. The fraction of sp³-hybridized carbons (Fsp3) is 0.714. The number of aromatic nitrogens is 1. The molecule has 1 aromatic rings. The smallest absolute Gasteiger partial charge is 0.217 e. The summed E-state index contributed by atoms with van der Waals surface area (Å²) in [6.45, 7) is 14.7. The van der Waals surface area contributed by atoms with Crippen LogP contribution in [0.2, 0.25) is 24.8 Å². The molecule has 5 nitrogen and oxygen atoms in total. The number of nitrogens with one attached hydrogen (secondary N) is 1. The Balaban J connectivity index is 1.80. The second kappa shape index (κ2) is 10.8. The number of aliphatic hydroxyl groups excluding tert-OH is 1. The molecule has 0 saturated heterocycles. The van der Waals surface area contributed by atoms with E-state index in [0.29, 0.717) is 18.0 Å². The van der Waals surface area contributed by atoms with Crippen molar-refractivity contribution in [3.63, 3.8) is 0 Å². The van der Waals surface area contributed by atoms with Gasteiger partial charge in [0.15, 0.2) is 10.9 Å². The molecule has 2 N–H and O–H groups in total. The Kier molecular flexibility index (Phi) is 8.67. The lowest BCUT2D eigenvalue weighted by molar-refractivity contribution is -0.120. The van der Waals surface area contributed by atoms with Gasteiger partial charge in [0.1, 0.15) is 13.7 Å². The van der Waals surface area contributed by atoms with Crippen LogP contribution in [0.5, 0.6) is 5.75 Å². The number of amides is 1. The second-order valence-corrected chi connectivity index (χ2v) is 17.9. The average molecular weight is 519 g/mol. The van der Waals surface area contributed by atoms with Crippen LogP contribution in [0.3, 0.4) is 0 Å². The summed E-state index contributed by atoms with van der Waals surface area (Å²) in [6, 6.07) is 1.80. The van der Waals surface area contributed by atoms with Crippen LogP contribution in [0, 0.1) is 16.9 Å². The molecule has 1 fully saturated rings. The van der Waals surface area contributed by atoms with Crippen molar-refractivity contribution in [2.75, 3.05) is 0 Å². The van der Waals surface area contributed by atoms with E-state index < -0.39 is 14.2 Å². The number of fused-ring (bicyclic) bond motifs is 1. The van der Waals surface area contributed by atoms with Crippen molar-refractivity contribution < 1.29 is 14.6 Å². The van der Waals surface area contributed by atoms with E-state index in [4.69, 9.17) is 16.3 Å². The molecule has 2 heterocycles. The summed E-state index contributed by atoms with van der Waals surface area (Å²) in [4.78, 5) is 16.5. The average Bonchev–Trinajstić information content (AvgIpc) is 2.67. The molecule has 0 unspecified atom stereocenters. The van der Waals surface area contributed by atoms with E-state index in [9.17, 15) is 9.90 Å². The molecule has 1 saturated carbocycles. The summed E-state index contributed by atoms with van der Waals surface area (Å²) < 4.78 is 6.47. The summed E-state index contributed by atoms with van der Waals surface area (Å²) in [7, 11) is -1.51. The third-order valence-electron chi connectivity index (χ3n) is 6.82. The summed E-state index contributed by atoms with van der Waals surface area (Å²) in [5, 5.41) is 14.5. The van der Waals surface area contributed by atoms with Crippen LogP contribution in [0.15, 0.2) is 6.07 Å². The SMILES string of the molecule is CC(=O)N[C@@H](CC#C[Si](C)(C)C)[C@H](O)CC[C@H]1CC2(CCC2)Oc2c1cc(CC(C)(C)C)nc2Cl. The summed E-state index contributed by atoms with van der Waals surface area (Å²) >= 11 is 6.67. The standard InChI is InChI=1S/C28H43ClN2O3Si/c1-19(32)30-23(10-8-15-35(5,6)7)24(33)12-11-20-17-28(13-9-14-28)34-25-22(20)16-21(31-26(25)29)18-27(2,3)4/h16,20,23-24,33H,9-14,17-18H2,1-7H3,(H,30,32)/t20-,23-,24+/m0/s1. The van der Waals surface area contributed by atoms with Crippen molar-refractivity contribution in [1.82, 2.24) is 10.3 Å². The third kappa shape index (κ3) is 7.97. The van der Waals surface area contributed by atoms with Crippen molar-refractivity contribution >= 4 is 25.6 Å². The third-order valence-corrected chi connectivity index (χ3v) is 8.00. The predicted molar refractivity (Wildman–Crippen MR) is 146 cm³/mol. The van der Waals surface area contributed by atoms with Crippen LogP contribution in [-0.2, 0) is 11.2 Å². The van der Waals surface area contributed by atoms with Crippen molar-refractivity contribution in [2.45, 2.75) is 122 Å². The number of carbonyl (C=O) groups is 1. The molecule has 3 atom stereocenters. The maximum atomic E-state index is 11.8. The van der Waals surface area contributed by atoms with Gasteiger partial charge in [-0.05, 0) is 62.3 Å². The van der Waals surface area contributed by atoms with Crippen LogP contribution in [-0.4, -0.2) is 41.8 Å². The number of carbonyl (C=O) groups excluding carboxylic acids is 1. The molecule has 35 heavy (non-hydrogen) atoms. The first-order valence-electron chi connectivity index (χ1n) is 13.0. The summed E-state index contributed by atoms with van der Waals surface area (Å²) in [6.07, 6.45) is 6.18. The number of aliphatic hydroxyl groups is 1. The van der Waals surface area contributed by atoms with E-state index >= 15 is 0 Å². The van der Waals surface area contributed by atoms with Gasteiger partial charge in [-0.25, -0.2) is 4.98 Å². The van der Waals surface area contributed by atoms with Gasteiger partial charge in [-0.15, -0.1) is 11.5 Å². The largest absolute Gasteiger partial charge is 0.484 e. The molecule has 7 heteroatoms. The van der Waals surface area contributed by atoms with E-state index in [1.54, 1.807) is 0 Å². The van der Waals surface area contributed by atoms with Crippen LogP contribution < -0.4 is 10.1 Å². The Hall–Kier alpha value is -1.55. The number of hydrogen-bond donors (Lipinski definition) is 2. The second-order valence-electron chi connectivity index (χ2n) is 12.8. The van der Waals surface area contributed by atoms with E-state index in [-0.39, 0.29) is 28.9 Å². The Morgan fingerprint density at radius 2 is 2.06 bits per heavy atom. The lowest BCUT2D eigenvalue weighted by atomic mass is 9.69. The van der Waals surface area contributed by atoms with Crippen molar-refractivity contribution in [3.8, 4) is 17.2 Å². The molecule has 1 amide bonds. The van der Waals surface area contributed by atoms with E-state index in [1.165, 1.54) is 6.92 Å². The molecule has 1 spiro atoms. The lowest BCUT2D eigenvalue weighted by Crippen LogP contribution is -2.47. The first-order valence-corrected chi connectivity index (χ1v) is 16.9. The highest BCUT2D eigenvalue weighted by atomic mass is 35.5. The fourth-order valence-corrected chi connectivity index (χ4v) is 6.00. The number of rotatable bonds is 7. The van der Waals surface area contributed by atoms with Crippen LogP contribution in [0.25, 0.3) is 0 Å². The maximum Gasteiger partial charge on any atom is 0.217 e. The zero-order valence-corrected chi connectivity index (χ0v) is 24.3. The molecule has 2 aliphatic rings. The Morgan fingerprint density at radius 3 is 2.60 bits per heavy atom. The van der Waals surface area contributed by atoms with Gasteiger partial charge in [0, 0.05) is 24.6 Å². The van der Waals surface area contributed by atoms with Gasteiger partial charge in [0.05, 0.1) is 12.1 Å². The lowest BCUT2D eigenvalue weighted by Gasteiger charge is -2.48. The molecular formula is C28H43ClN2O3Si. The van der Waals surface area contributed by atoms with Crippen molar-refractivity contribution in [2.24, 2.45) is 5.41 Å². The minimum atomic E-state index is -1.51. The maximum absolute atomic E-state index is 11.8. The number of halogens is 1. The molecule has 0 radical (unpaired) electrons. The molecule has 3 rings (SSSR count). The number of hydrogen-bond acceptors (Lipinski definition) is 4. The first kappa shape index (κ1) is 28.0. The van der Waals surface area contributed by atoms with Crippen LogP contribution >= 0.6 is 11.6 Å². The number of ether oxygens (including phenoxy) is 1. The Morgan fingerprint density at radius 1 is 1.37 bits per heavy atom. The molecule has 1 aliphatic carbocycles.